The third-order valence-electron chi connectivity index (χ3n) is 5.94. The molecule has 2 N–H and O–H groups in total. The molecule has 2 unspecified atom stereocenters. The van der Waals surface area contributed by atoms with Crippen LogP contribution in [0, 0.1) is 5.41 Å². The second-order valence-electron chi connectivity index (χ2n) is 7.63. The van der Waals surface area contributed by atoms with E-state index in [0.717, 1.165) is 64.7 Å². The molecule has 1 saturated heterocycles. The lowest BCUT2D eigenvalue weighted by molar-refractivity contribution is -0.176. The number of guanidine groups is 1. The summed E-state index contributed by atoms with van der Waals surface area (Å²) >= 11 is 0. The molecule has 1 heterocycles. The maximum atomic E-state index is 5.71. The van der Waals surface area contributed by atoms with Gasteiger partial charge in [0.05, 0.1) is 18.8 Å². The Hall–Kier alpha value is -0.120. The van der Waals surface area contributed by atoms with Crippen LogP contribution in [-0.2, 0) is 9.47 Å². The van der Waals surface area contributed by atoms with Crippen LogP contribution in [0.4, 0.5) is 0 Å². The zero-order valence-corrected chi connectivity index (χ0v) is 18.9. The highest BCUT2D eigenvalue weighted by molar-refractivity contribution is 14.0. The molecule has 2 aliphatic rings. The minimum Gasteiger partial charge on any atom is -0.379 e. The molecule has 7 heteroatoms. The van der Waals surface area contributed by atoms with Gasteiger partial charge in [-0.2, -0.15) is 0 Å². The van der Waals surface area contributed by atoms with E-state index in [2.05, 4.69) is 43.2 Å². The van der Waals surface area contributed by atoms with Crippen molar-refractivity contribution in [1.82, 2.24) is 15.5 Å². The van der Waals surface area contributed by atoms with Crippen LogP contribution in [0.5, 0.6) is 0 Å². The van der Waals surface area contributed by atoms with Gasteiger partial charge >= 0.3 is 0 Å². The van der Waals surface area contributed by atoms with E-state index in [0.29, 0.717) is 6.04 Å². The summed E-state index contributed by atoms with van der Waals surface area (Å²) in [7, 11) is 1.81. The van der Waals surface area contributed by atoms with Gasteiger partial charge in [-0.25, -0.2) is 0 Å². The van der Waals surface area contributed by atoms with E-state index in [9.17, 15) is 0 Å². The van der Waals surface area contributed by atoms with Crippen LogP contribution in [0.1, 0.15) is 40.5 Å². The van der Waals surface area contributed by atoms with Crippen molar-refractivity contribution in [2.45, 2.75) is 52.2 Å². The minimum atomic E-state index is -0.0572. The van der Waals surface area contributed by atoms with Gasteiger partial charge in [0, 0.05) is 51.3 Å². The average Bonchev–Trinajstić information content (AvgIpc) is 2.58. The normalized spacial score (nSPS) is 29.5. The highest BCUT2D eigenvalue weighted by atomic mass is 127. The minimum absolute atomic E-state index is 0. The Kier molecular flexibility index (Phi) is 9.42. The summed E-state index contributed by atoms with van der Waals surface area (Å²) in [5.74, 6) is 0.927. The van der Waals surface area contributed by atoms with E-state index in [1.165, 1.54) is 0 Å². The summed E-state index contributed by atoms with van der Waals surface area (Å²) in [5, 5.41) is 6.97. The second-order valence-corrected chi connectivity index (χ2v) is 7.63. The van der Waals surface area contributed by atoms with Crippen molar-refractivity contribution in [3.05, 3.63) is 0 Å². The number of halogens is 1. The number of rotatable bonds is 7. The van der Waals surface area contributed by atoms with E-state index < -0.39 is 0 Å². The number of aliphatic imine (C=N–C) groups is 1. The summed E-state index contributed by atoms with van der Waals surface area (Å²) in [4.78, 5) is 7.21. The maximum absolute atomic E-state index is 5.71. The van der Waals surface area contributed by atoms with Gasteiger partial charge < -0.3 is 20.1 Å². The fourth-order valence-electron chi connectivity index (χ4n) is 3.52. The molecular formula is C18H37IN4O2. The van der Waals surface area contributed by atoms with Crippen LogP contribution in [0.25, 0.3) is 0 Å². The van der Waals surface area contributed by atoms with Crippen LogP contribution in [0.2, 0.25) is 0 Å². The number of morpholine rings is 1. The molecule has 0 amide bonds. The monoisotopic (exact) mass is 468 g/mol. The van der Waals surface area contributed by atoms with Crippen molar-refractivity contribution in [2.24, 2.45) is 10.4 Å². The highest BCUT2D eigenvalue weighted by Gasteiger charge is 2.58. The molecule has 1 aliphatic carbocycles. The average molecular weight is 468 g/mol. The number of hydrogen-bond acceptors (Lipinski definition) is 4. The van der Waals surface area contributed by atoms with Crippen molar-refractivity contribution >= 4 is 29.9 Å². The van der Waals surface area contributed by atoms with Crippen molar-refractivity contribution in [3.63, 3.8) is 0 Å². The third-order valence-corrected chi connectivity index (χ3v) is 5.94. The first-order valence-electron chi connectivity index (χ1n) is 9.33. The molecule has 2 rings (SSSR count). The van der Waals surface area contributed by atoms with Gasteiger partial charge in [0.2, 0.25) is 0 Å². The van der Waals surface area contributed by atoms with Crippen LogP contribution >= 0.6 is 24.0 Å². The van der Waals surface area contributed by atoms with E-state index in [-0.39, 0.29) is 35.0 Å². The summed E-state index contributed by atoms with van der Waals surface area (Å²) in [6.45, 7) is 15.5. The number of nitrogens with zero attached hydrogens (tertiary/aromatic N) is 2. The van der Waals surface area contributed by atoms with Crippen LogP contribution in [0.15, 0.2) is 4.99 Å². The first kappa shape index (κ1) is 22.9. The van der Waals surface area contributed by atoms with E-state index in [4.69, 9.17) is 14.5 Å². The van der Waals surface area contributed by atoms with Gasteiger partial charge in [-0.05, 0) is 26.7 Å². The second kappa shape index (κ2) is 10.3. The predicted octanol–water partition coefficient (Wildman–Crippen LogP) is 2.09. The van der Waals surface area contributed by atoms with Crippen LogP contribution < -0.4 is 10.6 Å². The topological polar surface area (TPSA) is 58.1 Å². The Morgan fingerprint density at radius 3 is 2.52 bits per heavy atom. The zero-order chi connectivity index (χ0) is 17.6. The van der Waals surface area contributed by atoms with Crippen molar-refractivity contribution in [3.8, 4) is 0 Å². The van der Waals surface area contributed by atoms with Gasteiger partial charge in [0.25, 0.3) is 0 Å². The summed E-state index contributed by atoms with van der Waals surface area (Å²) in [6, 6.07) is 0.388. The first-order chi connectivity index (χ1) is 11.4. The lowest BCUT2D eigenvalue weighted by Gasteiger charge is -2.59. The Balaban J connectivity index is 0.00000312. The van der Waals surface area contributed by atoms with E-state index in [1.54, 1.807) is 0 Å². The molecule has 148 valence electrons. The smallest absolute Gasteiger partial charge is 0.191 e. The standard InChI is InChI=1S/C18H36N4O2.HI/c1-6-19-16(20-8-7-9-22-10-12-24-13-11-22)21-15-14-18(4,23-5)17(15,2)3;/h15H,6-14H2,1-5H3,(H2,19,20,21);1H. The number of ether oxygens (including phenoxy) is 2. The fraction of sp³-hybridized carbons (Fsp3) is 0.944. The van der Waals surface area contributed by atoms with Crippen molar-refractivity contribution in [1.29, 1.82) is 0 Å². The predicted molar refractivity (Wildman–Crippen MR) is 114 cm³/mol. The van der Waals surface area contributed by atoms with Gasteiger partial charge in [0.15, 0.2) is 5.96 Å². The molecule has 1 aliphatic heterocycles. The molecule has 0 radical (unpaired) electrons. The van der Waals surface area contributed by atoms with Crippen LogP contribution in [0.3, 0.4) is 0 Å². The summed E-state index contributed by atoms with van der Waals surface area (Å²) < 4.78 is 11.1. The number of nitrogens with one attached hydrogen (secondary N) is 2. The van der Waals surface area contributed by atoms with E-state index >= 15 is 0 Å². The molecule has 0 aromatic heterocycles. The number of hydrogen-bond donors (Lipinski definition) is 2. The van der Waals surface area contributed by atoms with E-state index in [1.807, 2.05) is 7.11 Å². The van der Waals surface area contributed by atoms with Crippen LogP contribution in [-0.4, -0.2) is 75.5 Å². The fourth-order valence-corrected chi connectivity index (χ4v) is 3.52. The maximum Gasteiger partial charge on any atom is 0.191 e. The van der Waals surface area contributed by atoms with Crippen molar-refractivity contribution < 1.29 is 9.47 Å². The Bertz CT molecular complexity index is 427. The first-order valence-corrected chi connectivity index (χ1v) is 9.33. The molecular weight excluding hydrogens is 431 g/mol. The Morgan fingerprint density at radius 2 is 1.96 bits per heavy atom. The summed E-state index contributed by atoms with van der Waals surface area (Å²) in [6.07, 6.45) is 2.09. The molecule has 0 spiro atoms. The quantitative estimate of drug-likeness (QED) is 0.260. The Labute approximate surface area is 170 Å². The molecule has 25 heavy (non-hydrogen) atoms. The molecule has 0 aromatic carbocycles. The zero-order valence-electron chi connectivity index (χ0n) is 16.6. The molecule has 0 aromatic rings. The molecule has 2 atom stereocenters. The van der Waals surface area contributed by atoms with Gasteiger partial charge in [-0.15, -0.1) is 24.0 Å². The van der Waals surface area contributed by atoms with Gasteiger partial charge in [0.1, 0.15) is 0 Å². The van der Waals surface area contributed by atoms with Gasteiger partial charge in [-0.1, -0.05) is 13.8 Å². The van der Waals surface area contributed by atoms with Crippen molar-refractivity contribution in [2.75, 3.05) is 53.0 Å². The third kappa shape index (κ3) is 5.68. The largest absolute Gasteiger partial charge is 0.379 e. The van der Waals surface area contributed by atoms with Gasteiger partial charge in [-0.3, -0.25) is 9.89 Å². The molecule has 1 saturated carbocycles. The SMILES string of the molecule is CCNC(=NCCCN1CCOCC1)NC1CC(C)(OC)C1(C)C.I. The summed E-state index contributed by atoms with van der Waals surface area (Å²) in [5.41, 5.74) is 0.0318. The molecule has 0 bridgehead atoms. The Morgan fingerprint density at radius 1 is 1.28 bits per heavy atom. The lowest BCUT2D eigenvalue weighted by atomic mass is 9.56. The lowest BCUT2D eigenvalue weighted by Crippen LogP contribution is -2.69. The molecule has 6 nitrogen and oxygen atoms in total. The highest BCUT2D eigenvalue weighted by Crippen LogP contribution is 2.51. The molecule has 2 fully saturated rings. The number of methoxy groups -OCH3 is 1.